The molecule has 0 saturated carbocycles. The first kappa shape index (κ1) is 41.2. The average Bonchev–Trinajstić information content (AvgIpc) is 1.07. The summed E-state index contributed by atoms with van der Waals surface area (Å²) in [4.78, 5) is 9.09. The van der Waals surface area contributed by atoms with Crippen molar-refractivity contribution in [1.82, 2.24) is 9.55 Å². The van der Waals surface area contributed by atoms with Gasteiger partial charge in [0.2, 0.25) is 0 Å². The van der Waals surface area contributed by atoms with Crippen molar-refractivity contribution in [3.8, 4) is 61.8 Å². The van der Waals surface area contributed by atoms with Gasteiger partial charge in [-0.25, -0.2) is 4.98 Å². The summed E-state index contributed by atoms with van der Waals surface area (Å²) in [5.41, 5.74) is 12.3. The zero-order valence-electron chi connectivity index (χ0n) is 52.6. The largest absolute Gasteiger partial charge is 0.509 e. The van der Waals surface area contributed by atoms with Crippen LogP contribution in [-0.2, 0) is 31.9 Å². The monoisotopic (exact) mass is 1190 g/mol. The molecule has 1 aliphatic heterocycles. The molecule has 11 aromatic rings. The summed E-state index contributed by atoms with van der Waals surface area (Å²) < 4.78 is 89.0. The smallest absolute Gasteiger partial charge is 0.135 e. The van der Waals surface area contributed by atoms with Crippen molar-refractivity contribution >= 4 is 44.6 Å². The van der Waals surface area contributed by atoms with Crippen molar-refractivity contribution < 1.29 is 38.1 Å². The van der Waals surface area contributed by atoms with E-state index in [1.807, 2.05) is 84.9 Å². The molecule has 12 rings (SSSR count). The number of aromatic nitrogens is 2. The molecule has 0 fully saturated rings. The molecule has 0 saturated heterocycles. The van der Waals surface area contributed by atoms with E-state index in [-0.39, 0.29) is 54.6 Å². The van der Waals surface area contributed by atoms with Gasteiger partial charge in [0.25, 0.3) is 0 Å². The molecular formula is C71H61N4OPt-3. The first-order chi connectivity index (χ1) is 40.4. The van der Waals surface area contributed by atoms with Crippen molar-refractivity contribution in [2.45, 2.75) is 72.0 Å². The number of hydrogen-bond donors (Lipinski definition) is 0. The van der Waals surface area contributed by atoms with Crippen molar-refractivity contribution in [2.24, 2.45) is 0 Å². The standard InChI is InChI=1S/C71H61N4O.Pt/c1-47(2)61-44-68(72-45-63(61)50-26-16-11-17-27-50)75-64-37-34-51(48-22-12-9-13-23-48)40-62(64)60-36-35-57(43-67(60)75)76-56-29-20-28-55(42-56)73-46-74(66-33-19-18-32-65(66)73)69-58(49-24-14-10-15-25-49)30-21-31-59(69)52-38-53(70(3,4)5)41-54(39-52)71(6,7)8;/h9-41,44-47H,1-8H3;/q-3;/i1D3,2D3,44D,45D,47D;. The Balaban J connectivity index is 0.00000768. The Bertz CT molecular complexity index is 4320. The van der Waals surface area contributed by atoms with Gasteiger partial charge in [-0.2, -0.15) is 12.1 Å². The number of ether oxygens (including phenoxy) is 1. The third-order valence-corrected chi connectivity index (χ3v) is 14.2. The molecule has 2 aromatic heterocycles. The van der Waals surface area contributed by atoms with Crippen LogP contribution in [0.25, 0.3) is 72.1 Å². The number of hydrogen-bond acceptors (Lipinski definition) is 4. The predicted molar refractivity (Wildman–Crippen MR) is 317 cm³/mol. The van der Waals surface area contributed by atoms with Crippen molar-refractivity contribution in [3.05, 3.63) is 248 Å². The van der Waals surface area contributed by atoms with E-state index >= 15 is 0 Å². The summed E-state index contributed by atoms with van der Waals surface area (Å²) in [5, 5.41) is 1.36. The van der Waals surface area contributed by atoms with E-state index in [1.165, 1.54) is 11.1 Å². The van der Waals surface area contributed by atoms with Gasteiger partial charge in [-0.15, -0.1) is 48.1 Å². The fraction of sp³-hybridized carbons (Fsp3) is 0.155. The molecule has 384 valence electrons. The van der Waals surface area contributed by atoms with Crippen LogP contribution in [0.15, 0.2) is 212 Å². The Hall–Kier alpha value is -7.98. The second-order valence-electron chi connectivity index (χ2n) is 21.4. The molecule has 9 aromatic carbocycles. The molecule has 6 heteroatoms. The summed E-state index contributed by atoms with van der Waals surface area (Å²) in [5.74, 6) is -2.99. The fourth-order valence-electron chi connectivity index (χ4n) is 10.3. The minimum Gasteiger partial charge on any atom is -0.509 e. The minimum absolute atomic E-state index is 0. The average molecular weight is 1190 g/mol. The minimum atomic E-state index is -3.48. The van der Waals surface area contributed by atoms with Gasteiger partial charge in [0, 0.05) is 87.6 Å². The Morgan fingerprint density at radius 2 is 1.13 bits per heavy atom. The molecule has 0 N–H and O–H groups in total. The summed E-state index contributed by atoms with van der Waals surface area (Å²) in [6.45, 7) is 8.70. The van der Waals surface area contributed by atoms with Gasteiger partial charge in [0.15, 0.2) is 0 Å². The van der Waals surface area contributed by atoms with E-state index in [0.29, 0.717) is 33.2 Å². The topological polar surface area (TPSA) is 33.5 Å². The van der Waals surface area contributed by atoms with Crippen LogP contribution < -0.4 is 14.5 Å². The van der Waals surface area contributed by atoms with Gasteiger partial charge in [0.05, 0.1) is 2.74 Å². The maximum atomic E-state index is 9.94. The number of fused-ring (bicyclic) bond motifs is 4. The first-order valence-corrected chi connectivity index (χ1v) is 25.6. The Kier molecular flexibility index (Phi) is 11.0. The number of nitrogens with zero attached hydrogens (tertiary/aromatic N) is 4. The van der Waals surface area contributed by atoms with E-state index < -0.39 is 37.4 Å². The summed E-state index contributed by atoms with van der Waals surface area (Å²) in [6, 6.07) is 71.8. The van der Waals surface area contributed by atoms with Gasteiger partial charge >= 0.3 is 0 Å². The van der Waals surface area contributed by atoms with E-state index in [1.54, 1.807) is 41.0 Å². The maximum absolute atomic E-state index is 9.94. The van der Waals surface area contributed by atoms with Crippen LogP contribution in [0.3, 0.4) is 0 Å². The predicted octanol–water partition coefficient (Wildman–Crippen LogP) is 19.4. The fourth-order valence-corrected chi connectivity index (χ4v) is 10.3. The summed E-state index contributed by atoms with van der Waals surface area (Å²) in [7, 11) is 0. The first-order valence-electron chi connectivity index (χ1n) is 30.1. The molecule has 0 amide bonds. The zero-order chi connectivity index (χ0) is 60.0. The number of benzene rings is 9. The van der Waals surface area contributed by atoms with E-state index in [2.05, 4.69) is 149 Å². The second kappa shape index (κ2) is 20.5. The van der Waals surface area contributed by atoms with Crippen molar-refractivity contribution in [1.29, 1.82) is 0 Å². The third-order valence-electron chi connectivity index (χ3n) is 14.2. The number of para-hydroxylation sites is 3. The molecule has 0 spiro atoms. The molecule has 0 atom stereocenters. The summed E-state index contributed by atoms with van der Waals surface area (Å²) >= 11 is 0. The Morgan fingerprint density at radius 1 is 0.545 bits per heavy atom. The molecule has 0 radical (unpaired) electrons. The van der Waals surface area contributed by atoms with Crippen LogP contribution in [0.5, 0.6) is 11.5 Å². The van der Waals surface area contributed by atoms with Gasteiger partial charge < -0.3 is 19.1 Å². The van der Waals surface area contributed by atoms with Gasteiger partial charge in [0.1, 0.15) is 5.82 Å². The molecule has 77 heavy (non-hydrogen) atoms. The van der Waals surface area contributed by atoms with Crippen LogP contribution in [-0.4, -0.2) is 9.55 Å². The molecule has 3 heterocycles. The van der Waals surface area contributed by atoms with Crippen LogP contribution in [0.4, 0.5) is 22.7 Å². The number of rotatable bonds is 10. The van der Waals surface area contributed by atoms with Gasteiger partial charge in [-0.3, -0.25) is 0 Å². The Labute approximate surface area is 481 Å². The van der Waals surface area contributed by atoms with E-state index in [4.69, 9.17) is 17.9 Å². The molecular weight excluding hydrogens is 1120 g/mol. The van der Waals surface area contributed by atoms with Crippen LogP contribution in [0, 0.1) is 18.8 Å². The van der Waals surface area contributed by atoms with Gasteiger partial charge in [-0.1, -0.05) is 212 Å². The molecule has 0 unspecified atom stereocenters. The summed E-state index contributed by atoms with van der Waals surface area (Å²) in [6.07, 6.45) is -0.505. The number of pyridine rings is 1. The van der Waals surface area contributed by atoms with Crippen molar-refractivity contribution in [2.75, 3.05) is 9.80 Å². The maximum Gasteiger partial charge on any atom is 0.135 e. The van der Waals surface area contributed by atoms with Gasteiger partial charge in [-0.05, 0) is 90.9 Å². The molecule has 5 nitrogen and oxygen atoms in total. The van der Waals surface area contributed by atoms with E-state index in [0.717, 1.165) is 50.4 Å². The van der Waals surface area contributed by atoms with Crippen LogP contribution in [0.2, 0.25) is 0 Å². The normalized spacial score (nSPS) is 14.8. The number of anilines is 4. The van der Waals surface area contributed by atoms with E-state index in [9.17, 15) is 4.11 Å². The zero-order valence-corrected chi connectivity index (χ0v) is 45.9. The van der Waals surface area contributed by atoms with Crippen molar-refractivity contribution in [3.63, 3.8) is 0 Å². The Morgan fingerprint density at radius 3 is 1.78 bits per heavy atom. The molecule has 0 aliphatic carbocycles. The molecule has 1 aliphatic rings. The molecule has 0 bridgehead atoms. The SMILES string of the molecule is [2H]c1nc(-n2c3[c-]c(Oc4[c-]c(N5[CH-]N(c6c(-c7ccccc7)cccc6-c6cc(C(C)(C)C)cc(C(C)(C)C)c6)c6ccccc65)ccc4)ccc3c3cc(-c4ccccc4)ccc32)c([2H])c(C([2H])(C([2H])([2H])[2H])C([2H])([2H])[2H])c1-c1ccccc1.[Pt]. The quantitative estimate of drug-likeness (QED) is 0.128. The second-order valence-corrected chi connectivity index (χ2v) is 21.4. The van der Waals surface area contributed by atoms with Crippen LogP contribution >= 0.6 is 0 Å². The third kappa shape index (κ3) is 9.79. The van der Waals surface area contributed by atoms with Crippen LogP contribution in [0.1, 0.15) is 90.2 Å².